The van der Waals surface area contributed by atoms with Crippen LogP contribution in [0.15, 0.2) is 30.5 Å². The van der Waals surface area contributed by atoms with E-state index in [0.29, 0.717) is 18.7 Å². The van der Waals surface area contributed by atoms with Crippen LogP contribution in [0.25, 0.3) is 0 Å². The Morgan fingerprint density at radius 2 is 2.26 bits per heavy atom. The summed E-state index contributed by atoms with van der Waals surface area (Å²) in [6.07, 6.45) is 2.20. The first-order valence-corrected chi connectivity index (χ1v) is 6.86. The summed E-state index contributed by atoms with van der Waals surface area (Å²) in [5.41, 5.74) is 7.33. The Kier molecular flexibility index (Phi) is 4.16. The van der Waals surface area contributed by atoms with E-state index in [1.165, 1.54) is 0 Å². The summed E-state index contributed by atoms with van der Waals surface area (Å²) >= 11 is 1.62. The van der Waals surface area contributed by atoms with E-state index in [4.69, 9.17) is 5.73 Å². The zero-order valence-corrected chi connectivity index (χ0v) is 11.9. The molecule has 0 unspecified atom stereocenters. The Morgan fingerprint density at radius 1 is 1.47 bits per heavy atom. The third-order valence-corrected chi connectivity index (χ3v) is 3.69. The predicted molar refractivity (Wildman–Crippen MR) is 77.9 cm³/mol. The van der Waals surface area contributed by atoms with Crippen molar-refractivity contribution < 1.29 is 4.79 Å². The van der Waals surface area contributed by atoms with Gasteiger partial charge in [-0.25, -0.2) is 4.98 Å². The highest BCUT2D eigenvalue weighted by Gasteiger charge is 2.11. The molecule has 2 N–H and O–H groups in total. The monoisotopic (exact) mass is 275 g/mol. The van der Waals surface area contributed by atoms with E-state index in [1.807, 2.05) is 44.4 Å². The number of carbonyl (C=O) groups excluding carboxylic acids is 1. The molecule has 19 heavy (non-hydrogen) atoms. The summed E-state index contributed by atoms with van der Waals surface area (Å²) in [4.78, 5) is 19.1. The molecular formula is C14H17N3OS. The average Bonchev–Trinajstić information content (AvgIpc) is 2.74. The molecule has 2 rings (SSSR count). The number of anilines is 1. The number of hydrogen-bond donors (Lipinski definition) is 1. The summed E-state index contributed by atoms with van der Waals surface area (Å²) in [5, 5.41) is 1.02. The first-order chi connectivity index (χ1) is 9.04. The molecule has 0 saturated carbocycles. The number of hydrogen-bond acceptors (Lipinski definition) is 4. The van der Waals surface area contributed by atoms with Crippen LogP contribution in [0.4, 0.5) is 5.69 Å². The maximum atomic E-state index is 12.1. The maximum absolute atomic E-state index is 12.1. The Hall–Kier alpha value is -1.88. The van der Waals surface area contributed by atoms with Crippen LogP contribution in [-0.4, -0.2) is 22.8 Å². The number of carbonyl (C=O) groups is 1. The number of aromatic nitrogens is 1. The number of likely N-dealkylation sites (N-methyl/N-ethyl adjacent to an activating group) is 1. The van der Waals surface area contributed by atoms with Gasteiger partial charge in [0.2, 0.25) is 5.91 Å². The van der Waals surface area contributed by atoms with Crippen LogP contribution >= 0.6 is 11.3 Å². The highest BCUT2D eigenvalue weighted by atomic mass is 32.1. The molecule has 0 aliphatic heterocycles. The molecule has 1 heterocycles. The molecule has 0 fully saturated rings. The Labute approximate surface area is 116 Å². The second-order valence-electron chi connectivity index (χ2n) is 4.52. The van der Waals surface area contributed by atoms with Crippen molar-refractivity contribution in [3.63, 3.8) is 0 Å². The van der Waals surface area contributed by atoms with Crippen molar-refractivity contribution in [1.82, 2.24) is 9.88 Å². The molecule has 0 aliphatic rings. The van der Waals surface area contributed by atoms with Gasteiger partial charge in [-0.1, -0.05) is 12.1 Å². The van der Waals surface area contributed by atoms with Gasteiger partial charge < -0.3 is 10.6 Å². The van der Waals surface area contributed by atoms with Crippen LogP contribution in [0, 0.1) is 6.92 Å². The molecule has 0 aliphatic carbocycles. The number of thiazole rings is 1. The van der Waals surface area contributed by atoms with Gasteiger partial charge in [-0.2, -0.15) is 0 Å². The maximum Gasteiger partial charge on any atom is 0.227 e. The molecule has 1 aromatic heterocycles. The minimum absolute atomic E-state index is 0.0802. The lowest BCUT2D eigenvalue weighted by atomic mass is 10.1. The lowest BCUT2D eigenvalue weighted by Crippen LogP contribution is -2.27. The largest absolute Gasteiger partial charge is 0.399 e. The van der Waals surface area contributed by atoms with Gasteiger partial charge in [0, 0.05) is 23.8 Å². The average molecular weight is 275 g/mol. The summed E-state index contributed by atoms with van der Waals surface area (Å²) < 4.78 is 0. The number of nitrogen functional groups attached to an aromatic ring is 1. The highest BCUT2D eigenvalue weighted by Crippen LogP contribution is 2.14. The van der Waals surface area contributed by atoms with Gasteiger partial charge in [0.25, 0.3) is 0 Å². The Morgan fingerprint density at radius 3 is 2.89 bits per heavy atom. The third kappa shape index (κ3) is 3.79. The van der Waals surface area contributed by atoms with Crippen LogP contribution < -0.4 is 5.73 Å². The van der Waals surface area contributed by atoms with Crippen molar-refractivity contribution in [1.29, 1.82) is 0 Å². The molecule has 0 bridgehead atoms. The molecule has 0 saturated heterocycles. The third-order valence-electron chi connectivity index (χ3n) is 2.79. The molecule has 1 aromatic carbocycles. The van der Waals surface area contributed by atoms with E-state index in [9.17, 15) is 4.79 Å². The zero-order chi connectivity index (χ0) is 13.8. The Bertz CT molecular complexity index is 580. The topological polar surface area (TPSA) is 59.2 Å². The van der Waals surface area contributed by atoms with Crippen LogP contribution in [-0.2, 0) is 17.8 Å². The molecule has 5 heteroatoms. The van der Waals surface area contributed by atoms with Crippen LogP contribution in [0.3, 0.4) is 0 Å². The van der Waals surface area contributed by atoms with Gasteiger partial charge in [-0.3, -0.25) is 4.79 Å². The predicted octanol–water partition coefficient (Wildman–Crippen LogP) is 2.23. The molecule has 0 radical (unpaired) electrons. The van der Waals surface area contributed by atoms with E-state index in [-0.39, 0.29) is 5.91 Å². The van der Waals surface area contributed by atoms with E-state index >= 15 is 0 Å². The SMILES string of the molecule is Cc1ncc(CN(C)C(=O)Cc2cccc(N)c2)s1. The van der Waals surface area contributed by atoms with Gasteiger partial charge in [0.05, 0.1) is 18.0 Å². The summed E-state index contributed by atoms with van der Waals surface area (Å²) in [7, 11) is 1.81. The van der Waals surface area contributed by atoms with E-state index < -0.39 is 0 Å². The lowest BCUT2D eigenvalue weighted by molar-refractivity contribution is -0.129. The van der Waals surface area contributed by atoms with Crippen LogP contribution in [0.5, 0.6) is 0 Å². The smallest absolute Gasteiger partial charge is 0.227 e. The summed E-state index contributed by atoms with van der Waals surface area (Å²) in [5.74, 6) is 0.0802. The molecule has 4 nitrogen and oxygen atoms in total. The fourth-order valence-electron chi connectivity index (χ4n) is 1.81. The second kappa shape index (κ2) is 5.84. The number of benzene rings is 1. The van der Waals surface area contributed by atoms with Gasteiger partial charge >= 0.3 is 0 Å². The summed E-state index contributed by atoms with van der Waals surface area (Å²) in [6.45, 7) is 2.56. The molecule has 2 aromatic rings. The van der Waals surface area contributed by atoms with Crippen molar-refractivity contribution in [2.24, 2.45) is 0 Å². The number of aryl methyl sites for hydroxylation is 1. The molecular weight excluding hydrogens is 258 g/mol. The van der Waals surface area contributed by atoms with Crippen molar-refractivity contribution in [3.05, 3.63) is 45.9 Å². The quantitative estimate of drug-likeness (QED) is 0.871. The van der Waals surface area contributed by atoms with E-state index in [0.717, 1.165) is 15.4 Å². The van der Waals surface area contributed by atoms with Crippen LogP contribution in [0.2, 0.25) is 0 Å². The van der Waals surface area contributed by atoms with E-state index in [1.54, 1.807) is 16.2 Å². The molecule has 1 amide bonds. The van der Waals surface area contributed by atoms with Gasteiger partial charge in [-0.05, 0) is 24.6 Å². The summed E-state index contributed by atoms with van der Waals surface area (Å²) in [6, 6.07) is 7.43. The molecule has 0 atom stereocenters. The first kappa shape index (κ1) is 13.5. The first-order valence-electron chi connectivity index (χ1n) is 6.04. The number of nitrogens with two attached hydrogens (primary N) is 1. The lowest BCUT2D eigenvalue weighted by Gasteiger charge is -2.16. The minimum Gasteiger partial charge on any atom is -0.399 e. The van der Waals surface area contributed by atoms with Gasteiger partial charge in [0.15, 0.2) is 0 Å². The molecule has 0 spiro atoms. The van der Waals surface area contributed by atoms with Crippen LogP contribution in [0.1, 0.15) is 15.4 Å². The van der Waals surface area contributed by atoms with Crippen molar-refractivity contribution in [3.8, 4) is 0 Å². The normalized spacial score (nSPS) is 10.4. The number of amides is 1. The van der Waals surface area contributed by atoms with Gasteiger partial charge in [-0.15, -0.1) is 11.3 Å². The van der Waals surface area contributed by atoms with Crippen molar-refractivity contribution in [2.75, 3.05) is 12.8 Å². The second-order valence-corrected chi connectivity index (χ2v) is 5.84. The minimum atomic E-state index is 0.0802. The fraction of sp³-hybridized carbons (Fsp3) is 0.286. The fourth-order valence-corrected chi connectivity index (χ4v) is 2.66. The van der Waals surface area contributed by atoms with E-state index in [2.05, 4.69) is 4.98 Å². The van der Waals surface area contributed by atoms with Gasteiger partial charge in [0.1, 0.15) is 0 Å². The number of nitrogens with zero attached hydrogens (tertiary/aromatic N) is 2. The Balaban J connectivity index is 1.96. The standard InChI is InChI=1S/C14H17N3OS/c1-10-16-8-13(19-10)9-17(2)14(18)7-11-4-3-5-12(15)6-11/h3-6,8H,7,9,15H2,1-2H3. The molecule has 100 valence electrons. The van der Waals surface area contributed by atoms with Crippen molar-refractivity contribution in [2.45, 2.75) is 19.9 Å². The number of rotatable bonds is 4. The highest BCUT2D eigenvalue weighted by molar-refractivity contribution is 7.11. The zero-order valence-electron chi connectivity index (χ0n) is 11.1. The van der Waals surface area contributed by atoms with Crippen molar-refractivity contribution >= 4 is 22.9 Å².